The lowest BCUT2D eigenvalue weighted by molar-refractivity contribution is 0.765. The minimum atomic E-state index is 0.386. The van der Waals surface area contributed by atoms with E-state index in [9.17, 15) is 0 Å². The molecular formula is C24H23N4P. The van der Waals surface area contributed by atoms with Crippen LogP contribution in [0.3, 0.4) is 0 Å². The predicted molar refractivity (Wildman–Crippen MR) is 124 cm³/mol. The van der Waals surface area contributed by atoms with Gasteiger partial charge in [0.05, 0.1) is 11.4 Å². The van der Waals surface area contributed by atoms with Gasteiger partial charge < -0.3 is 10.7 Å². The molecule has 1 aliphatic heterocycles. The van der Waals surface area contributed by atoms with Crippen molar-refractivity contribution in [1.29, 1.82) is 10.8 Å². The molecule has 3 N–H and O–H groups in total. The van der Waals surface area contributed by atoms with Crippen LogP contribution in [0, 0.1) is 17.7 Å². The fraction of sp³-hybridized carbons (Fsp3) is 0.125. The number of hydrogen-bond donors (Lipinski definition) is 3. The van der Waals surface area contributed by atoms with Gasteiger partial charge in [-0.1, -0.05) is 42.2 Å². The summed E-state index contributed by atoms with van der Waals surface area (Å²) < 4.78 is 0. The Balaban J connectivity index is 1.82. The summed E-state index contributed by atoms with van der Waals surface area (Å²) in [7, 11) is 2.62. The van der Waals surface area contributed by atoms with E-state index in [-0.39, 0.29) is 0 Å². The van der Waals surface area contributed by atoms with Gasteiger partial charge in [0.2, 0.25) is 0 Å². The van der Waals surface area contributed by atoms with Crippen LogP contribution in [0.25, 0.3) is 16.7 Å². The largest absolute Gasteiger partial charge is 0.309 e. The van der Waals surface area contributed by atoms with Gasteiger partial charge in [-0.3, -0.25) is 10.4 Å². The summed E-state index contributed by atoms with van der Waals surface area (Å²) in [5.41, 5.74) is 9.32. The first-order chi connectivity index (χ1) is 14.1. The summed E-state index contributed by atoms with van der Waals surface area (Å²) in [6, 6.07) is 18.1. The van der Waals surface area contributed by atoms with Crippen molar-refractivity contribution in [1.82, 2.24) is 10.3 Å². The zero-order chi connectivity index (χ0) is 20.4. The molecule has 1 aliphatic rings. The Kier molecular flexibility index (Phi) is 5.48. The average Bonchev–Trinajstić information content (AvgIpc) is 3.23. The molecule has 1 atom stereocenters. The molecule has 5 heteroatoms. The minimum absolute atomic E-state index is 0.386. The molecule has 29 heavy (non-hydrogen) atoms. The first-order valence-electron chi connectivity index (χ1n) is 9.54. The lowest BCUT2D eigenvalue weighted by Gasteiger charge is -2.15. The number of benzene rings is 2. The fourth-order valence-corrected chi connectivity index (χ4v) is 4.17. The van der Waals surface area contributed by atoms with E-state index in [4.69, 9.17) is 10.8 Å². The molecule has 0 fully saturated rings. The van der Waals surface area contributed by atoms with Gasteiger partial charge in [0, 0.05) is 30.6 Å². The molecule has 0 saturated carbocycles. The molecule has 0 saturated heterocycles. The summed E-state index contributed by atoms with van der Waals surface area (Å²) in [5.74, 6) is 1.88. The number of aromatic nitrogens is 1. The standard InChI is InChI=1S/C24H23N4P/c1-15-4-2-7-23(28-15)24(26)22(14-29)16-8-9-17(11-25)20(10-16)19-6-3-5-18-12-27-13-21(18)19/h2-11,14,25-27H,12-13,29H2,1H3/b22-14-,25-11?,26-24?. The second-order valence-corrected chi connectivity index (χ2v) is 7.45. The number of nitrogens with zero attached hydrogens (tertiary/aromatic N) is 1. The Labute approximate surface area is 173 Å². The molecule has 1 aromatic heterocycles. The van der Waals surface area contributed by atoms with Gasteiger partial charge in [0.25, 0.3) is 0 Å². The summed E-state index contributed by atoms with van der Waals surface area (Å²) in [4.78, 5) is 4.51. The van der Waals surface area contributed by atoms with Gasteiger partial charge in [-0.2, -0.15) is 0 Å². The maximum absolute atomic E-state index is 8.72. The van der Waals surface area contributed by atoms with E-state index in [0.29, 0.717) is 11.4 Å². The minimum Gasteiger partial charge on any atom is -0.309 e. The third kappa shape index (κ3) is 3.69. The van der Waals surface area contributed by atoms with Crippen molar-refractivity contribution in [3.05, 3.63) is 94.1 Å². The quantitative estimate of drug-likeness (QED) is 0.421. The molecule has 144 valence electrons. The van der Waals surface area contributed by atoms with E-state index in [0.717, 1.165) is 46.6 Å². The Morgan fingerprint density at radius 1 is 1.07 bits per heavy atom. The zero-order valence-electron chi connectivity index (χ0n) is 16.3. The SMILES string of the molecule is Cc1cccc(C(=N)/C(=C\P)c2ccc(C=N)c(-c3cccc4c3CNC4)c2)n1. The van der Waals surface area contributed by atoms with Crippen LogP contribution in [0.4, 0.5) is 0 Å². The third-order valence-corrected chi connectivity index (χ3v) is 5.61. The number of aryl methyl sites for hydroxylation is 1. The van der Waals surface area contributed by atoms with Gasteiger partial charge in [-0.15, -0.1) is 9.24 Å². The monoisotopic (exact) mass is 398 g/mol. The number of pyridine rings is 1. The maximum Gasteiger partial charge on any atom is 0.0888 e. The first kappa shape index (κ1) is 19.4. The van der Waals surface area contributed by atoms with E-state index < -0.39 is 0 Å². The van der Waals surface area contributed by atoms with Gasteiger partial charge in [0.1, 0.15) is 0 Å². The van der Waals surface area contributed by atoms with Crippen molar-refractivity contribution in [2.24, 2.45) is 0 Å². The molecule has 2 aromatic carbocycles. The van der Waals surface area contributed by atoms with Crippen molar-refractivity contribution in [2.75, 3.05) is 0 Å². The van der Waals surface area contributed by atoms with E-state index in [2.05, 4.69) is 43.8 Å². The van der Waals surface area contributed by atoms with Crippen LogP contribution < -0.4 is 5.32 Å². The molecule has 4 rings (SSSR count). The summed E-state index contributed by atoms with van der Waals surface area (Å²) in [6.45, 7) is 3.65. The van der Waals surface area contributed by atoms with Gasteiger partial charge in [-0.25, -0.2) is 0 Å². The van der Waals surface area contributed by atoms with Gasteiger partial charge >= 0.3 is 0 Å². The molecule has 1 unspecified atom stereocenters. The Morgan fingerprint density at radius 3 is 2.66 bits per heavy atom. The fourth-order valence-electron chi connectivity index (χ4n) is 3.81. The highest BCUT2D eigenvalue weighted by atomic mass is 31.0. The van der Waals surface area contributed by atoms with Crippen molar-refractivity contribution in [3.8, 4) is 11.1 Å². The van der Waals surface area contributed by atoms with Crippen LogP contribution in [-0.4, -0.2) is 16.9 Å². The highest BCUT2D eigenvalue weighted by Gasteiger charge is 2.18. The second-order valence-electron chi connectivity index (χ2n) is 7.11. The van der Waals surface area contributed by atoms with Gasteiger partial charge in [-0.05, 0) is 58.5 Å². The van der Waals surface area contributed by atoms with E-state index in [1.807, 2.05) is 43.1 Å². The third-order valence-electron chi connectivity index (χ3n) is 5.28. The predicted octanol–water partition coefficient (Wildman–Crippen LogP) is 4.94. The Bertz CT molecular complexity index is 1150. The molecule has 0 amide bonds. The lowest BCUT2D eigenvalue weighted by Crippen LogP contribution is -2.06. The summed E-state index contributed by atoms with van der Waals surface area (Å²) in [5, 5.41) is 20.0. The van der Waals surface area contributed by atoms with Crippen LogP contribution in [0.2, 0.25) is 0 Å². The number of rotatable bonds is 5. The highest BCUT2D eigenvalue weighted by molar-refractivity contribution is 7.21. The summed E-state index contributed by atoms with van der Waals surface area (Å²) in [6.07, 6.45) is 1.40. The summed E-state index contributed by atoms with van der Waals surface area (Å²) >= 11 is 0. The second kappa shape index (κ2) is 8.20. The van der Waals surface area contributed by atoms with E-state index in [1.165, 1.54) is 17.3 Å². The molecule has 2 heterocycles. The average molecular weight is 398 g/mol. The maximum atomic E-state index is 8.72. The Morgan fingerprint density at radius 2 is 1.90 bits per heavy atom. The van der Waals surface area contributed by atoms with Crippen molar-refractivity contribution < 1.29 is 0 Å². The highest BCUT2D eigenvalue weighted by Crippen LogP contribution is 2.33. The molecule has 0 aliphatic carbocycles. The van der Waals surface area contributed by atoms with Crippen molar-refractivity contribution >= 4 is 26.7 Å². The topological polar surface area (TPSA) is 72.6 Å². The molecule has 0 bridgehead atoms. The van der Waals surface area contributed by atoms with Crippen LogP contribution in [-0.2, 0) is 13.1 Å². The molecule has 4 nitrogen and oxygen atoms in total. The Hall–Kier alpha value is -2.94. The van der Waals surface area contributed by atoms with Crippen LogP contribution >= 0.6 is 9.24 Å². The molecule has 0 spiro atoms. The van der Waals surface area contributed by atoms with Crippen molar-refractivity contribution in [3.63, 3.8) is 0 Å². The van der Waals surface area contributed by atoms with Gasteiger partial charge in [0.15, 0.2) is 0 Å². The number of hydrogen-bond acceptors (Lipinski definition) is 4. The normalized spacial score (nSPS) is 13.2. The number of fused-ring (bicyclic) bond motifs is 1. The first-order valence-corrected chi connectivity index (χ1v) is 10.2. The van der Waals surface area contributed by atoms with Crippen LogP contribution in [0.5, 0.6) is 0 Å². The van der Waals surface area contributed by atoms with Crippen LogP contribution in [0.15, 0.2) is 60.4 Å². The smallest absolute Gasteiger partial charge is 0.0888 e. The van der Waals surface area contributed by atoms with Crippen LogP contribution in [0.1, 0.15) is 33.6 Å². The zero-order valence-corrected chi connectivity index (χ0v) is 17.4. The van der Waals surface area contributed by atoms with E-state index in [1.54, 1.807) is 0 Å². The number of nitrogens with one attached hydrogen (secondary N) is 3. The van der Waals surface area contributed by atoms with E-state index >= 15 is 0 Å². The molecule has 0 radical (unpaired) electrons. The molecular weight excluding hydrogens is 375 g/mol. The van der Waals surface area contributed by atoms with Crippen molar-refractivity contribution in [2.45, 2.75) is 20.0 Å². The molecule has 3 aromatic rings. The lowest BCUT2D eigenvalue weighted by atomic mass is 9.90. The number of allylic oxidation sites excluding steroid dienone is 1.